The van der Waals surface area contributed by atoms with Crippen molar-refractivity contribution < 1.29 is 14.3 Å². The van der Waals surface area contributed by atoms with Crippen molar-refractivity contribution in [2.45, 2.75) is 6.42 Å². The average Bonchev–Trinajstić information content (AvgIpc) is 2.45. The Morgan fingerprint density at radius 2 is 2.05 bits per heavy atom. The van der Waals surface area contributed by atoms with Crippen LogP contribution in [0, 0.1) is 17.1 Å². The lowest BCUT2D eigenvalue weighted by Gasteiger charge is -2.36. The first kappa shape index (κ1) is 14.3. The minimum atomic E-state index is -0.794. The van der Waals surface area contributed by atoms with E-state index in [0.717, 1.165) is 18.8 Å². The molecule has 1 aromatic carbocycles. The highest BCUT2D eigenvalue weighted by Gasteiger charge is 2.19. The van der Waals surface area contributed by atoms with Crippen molar-refractivity contribution >= 4 is 11.7 Å². The number of hydrogen-bond acceptors (Lipinski definition) is 4. The fourth-order valence-corrected chi connectivity index (χ4v) is 2.34. The second-order valence-corrected chi connectivity index (χ2v) is 4.75. The molecule has 1 heterocycles. The van der Waals surface area contributed by atoms with E-state index in [1.54, 1.807) is 6.07 Å². The van der Waals surface area contributed by atoms with Gasteiger partial charge in [-0.2, -0.15) is 5.26 Å². The fourth-order valence-electron chi connectivity index (χ4n) is 2.34. The van der Waals surface area contributed by atoms with Crippen LogP contribution in [0.5, 0.6) is 0 Å². The molecule has 5 nitrogen and oxygen atoms in total. The number of nitriles is 1. The summed E-state index contributed by atoms with van der Waals surface area (Å²) in [5, 5.41) is 17.7. The zero-order valence-corrected chi connectivity index (χ0v) is 11.0. The summed E-state index contributed by atoms with van der Waals surface area (Å²) in [6.45, 7) is 3.45. The summed E-state index contributed by atoms with van der Waals surface area (Å²) in [5.41, 5.74) is 1.08. The smallest absolute Gasteiger partial charge is 0.304 e. The Morgan fingerprint density at radius 1 is 1.35 bits per heavy atom. The maximum absolute atomic E-state index is 13.1. The quantitative estimate of drug-likeness (QED) is 0.898. The summed E-state index contributed by atoms with van der Waals surface area (Å²) < 4.78 is 13.1. The van der Waals surface area contributed by atoms with Crippen LogP contribution in [0.1, 0.15) is 12.0 Å². The molecule has 0 radical (unpaired) electrons. The van der Waals surface area contributed by atoms with Gasteiger partial charge in [-0.3, -0.25) is 9.69 Å². The van der Waals surface area contributed by atoms with Gasteiger partial charge in [-0.05, 0) is 18.2 Å². The number of carbonyl (C=O) groups is 1. The van der Waals surface area contributed by atoms with Crippen LogP contribution in [0.25, 0.3) is 0 Å². The van der Waals surface area contributed by atoms with E-state index >= 15 is 0 Å². The van der Waals surface area contributed by atoms with Gasteiger partial charge in [0, 0.05) is 32.7 Å². The normalized spacial score (nSPS) is 15.9. The van der Waals surface area contributed by atoms with Crippen LogP contribution in [-0.4, -0.2) is 48.7 Å². The van der Waals surface area contributed by atoms with E-state index in [0.29, 0.717) is 25.2 Å². The molecule has 0 amide bonds. The fraction of sp³-hybridized carbons (Fsp3) is 0.429. The summed E-state index contributed by atoms with van der Waals surface area (Å²) in [6, 6.07) is 6.23. The molecule has 0 saturated carbocycles. The van der Waals surface area contributed by atoms with Crippen LogP contribution in [-0.2, 0) is 4.79 Å². The molecule has 1 aliphatic rings. The van der Waals surface area contributed by atoms with Crippen molar-refractivity contribution in [3.8, 4) is 6.07 Å². The average molecular weight is 277 g/mol. The number of benzene rings is 1. The third-order valence-corrected chi connectivity index (χ3v) is 3.43. The first-order valence-corrected chi connectivity index (χ1v) is 6.49. The lowest BCUT2D eigenvalue weighted by Crippen LogP contribution is -2.47. The number of halogens is 1. The van der Waals surface area contributed by atoms with Crippen molar-refractivity contribution in [1.29, 1.82) is 5.26 Å². The summed E-state index contributed by atoms with van der Waals surface area (Å²) in [5.74, 6) is -1.21. The van der Waals surface area contributed by atoms with Gasteiger partial charge in [-0.25, -0.2) is 4.39 Å². The highest BCUT2D eigenvalue weighted by atomic mass is 19.1. The van der Waals surface area contributed by atoms with E-state index in [2.05, 4.69) is 4.90 Å². The summed E-state index contributed by atoms with van der Waals surface area (Å²) >= 11 is 0. The zero-order valence-electron chi connectivity index (χ0n) is 11.0. The molecule has 106 valence electrons. The number of nitrogens with zero attached hydrogens (tertiary/aromatic N) is 3. The Kier molecular flexibility index (Phi) is 4.53. The third kappa shape index (κ3) is 3.45. The molecule has 1 aliphatic heterocycles. The Bertz CT molecular complexity index is 534. The van der Waals surface area contributed by atoms with E-state index in [1.807, 2.05) is 11.0 Å². The maximum atomic E-state index is 13.1. The molecule has 0 bridgehead atoms. The van der Waals surface area contributed by atoms with Crippen LogP contribution < -0.4 is 4.90 Å². The lowest BCUT2D eigenvalue weighted by molar-refractivity contribution is -0.137. The molecule has 6 heteroatoms. The molecule has 0 aromatic heterocycles. The zero-order chi connectivity index (χ0) is 14.5. The number of carboxylic acids is 1. The topological polar surface area (TPSA) is 67.6 Å². The van der Waals surface area contributed by atoms with Gasteiger partial charge in [0.2, 0.25) is 0 Å². The summed E-state index contributed by atoms with van der Waals surface area (Å²) in [7, 11) is 0. The molecular formula is C14H16FN3O2. The lowest BCUT2D eigenvalue weighted by atomic mass is 10.1. The second-order valence-electron chi connectivity index (χ2n) is 4.75. The number of carboxylic acid groups (broad SMARTS) is 1. The van der Waals surface area contributed by atoms with Crippen molar-refractivity contribution in [2.24, 2.45) is 0 Å². The predicted octanol–water partition coefficient (Wildman–Crippen LogP) is 1.29. The van der Waals surface area contributed by atoms with Crippen molar-refractivity contribution in [1.82, 2.24) is 4.90 Å². The number of hydrogen-bond donors (Lipinski definition) is 1. The van der Waals surface area contributed by atoms with Gasteiger partial charge < -0.3 is 10.0 Å². The number of rotatable bonds is 4. The van der Waals surface area contributed by atoms with Crippen molar-refractivity contribution in [3.63, 3.8) is 0 Å². The number of piperazine rings is 1. The molecule has 0 spiro atoms. The highest BCUT2D eigenvalue weighted by Crippen LogP contribution is 2.22. The van der Waals surface area contributed by atoms with E-state index in [1.165, 1.54) is 12.1 Å². The molecule has 0 atom stereocenters. The molecule has 0 unspecified atom stereocenters. The highest BCUT2D eigenvalue weighted by molar-refractivity contribution is 5.66. The summed E-state index contributed by atoms with van der Waals surface area (Å²) in [4.78, 5) is 14.7. The van der Waals surface area contributed by atoms with Crippen molar-refractivity contribution in [2.75, 3.05) is 37.6 Å². The standard InChI is InChI=1S/C14H16FN3O2/c15-12-1-2-13(11(9-12)10-16)18-7-5-17(6-8-18)4-3-14(19)20/h1-2,9H,3-8H2,(H,19,20). The molecule has 0 aliphatic carbocycles. The van der Waals surface area contributed by atoms with Crippen LogP contribution in [0.3, 0.4) is 0 Å². The van der Waals surface area contributed by atoms with Crippen molar-refractivity contribution in [3.05, 3.63) is 29.6 Å². The molecular weight excluding hydrogens is 261 g/mol. The minimum absolute atomic E-state index is 0.139. The van der Waals surface area contributed by atoms with Gasteiger partial charge in [0.05, 0.1) is 17.7 Å². The molecule has 1 N–H and O–H groups in total. The van der Waals surface area contributed by atoms with Gasteiger partial charge >= 0.3 is 5.97 Å². The van der Waals surface area contributed by atoms with Crippen LogP contribution >= 0.6 is 0 Å². The third-order valence-electron chi connectivity index (χ3n) is 3.43. The van der Waals surface area contributed by atoms with E-state index < -0.39 is 11.8 Å². The first-order valence-electron chi connectivity index (χ1n) is 6.49. The van der Waals surface area contributed by atoms with Gasteiger partial charge in [0.1, 0.15) is 11.9 Å². The first-order chi connectivity index (χ1) is 9.60. The van der Waals surface area contributed by atoms with Gasteiger partial charge in [0.25, 0.3) is 0 Å². The van der Waals surface area contributed by atoms with E-state index in [4.69, 9.17) is 10.4 Å². The van der Waals surface area contributed by atoms with E-state index in [9.17, 15) is 9.18 Å². The van der Waals surface area contributed by atoms with Gasteiger partial charge in [-0.1, -0.05) is 0 Å². The molecule has 20 heavy (non-hydrogen) atoms. The monoisotopic (exact) mass is 277 g/mol. The number of aliphatic carboxylic acids is 1. The van der Waals surface area contributed by atoms with Gasteiger partial charge in [0.15, 0.2) is 0 Å². The maximum Gasteiger partial charge on any atom is 0.304 e. The van der Waals surface area contributed by atoms with E-state index in [-0.39, 0.29) is 6.42 Å². The molecule has 1 saturated heterocycles. The van der Waals surface area contributed by atoms with Crippen LogP contribution in [0.15, 0.2) is 18.2 Å². The van der Waals surface area contributed by atoms with Gasteiger partial charge in [-0.15, -0.1) is 0 Å². The Balaban J connectivity index is 1.97. The molecule has 1 fully saturated rings. The second kappa shape index (κ2) is 6.35. The molecule has 1 aromatic rings. The Morgan fingerprint density at radius 3 is 2.65 bits per heavy atom. The van der Waals surface area contributed by atoms with Crippen LogP contribution in [0.2, 0.25) is 0 Å². The van der Waals surface area contributed by atoms with Crippen LogP contribution in [0.4, 0.5) is 10.1 Å². The Hall–Kier alpha value is -2.13. The largest absolute Gasteiger partial charge is 0.481 e. The summed E-state index contributed by atoms with van der Waals surface area (Å²) in [6.07, 6.45) is 0.139. The Labute approximate surface area is 116 Å². The SMILES string of the molecule is N#Cc1cc(F)ccc1N1CCN(CCC(=O)O)CC1. The number of anilines is 1. The predicted molar refractivity (Wildman–Crippen MR) is 72.0 cm³/mol. The minimum Gasteiger partial charge on any atom is -0.481 e. The molecule has 2 rings (SSSR count).